The van der Waals surface area contributed by atoms with Crippen LogP contribution in [0.1, 0.15) is 25.3 Å². The van der Waals surface area contributed by atoms with Crippen LogP contribution in [0.5, 0.6) is 0 Å². The van der Waals surface area contributed by atoms with Gasteiger partial charge in [0.05, 0.1) is 12.7 Å². The van der Waals surface area contributed by atoms with E-state index in [1.807, 2.05) is 24.3 Å². The van der Waals surface area contributed by atoms with E-state index < -0.39 is 60.6 Å². The molecule has 12 nitrogen and oxygen atoms in total. The van der Waals surface area contributed by atoms with Gasteiger partial charge in [-0.05, 0) is 31.4 Å². The van der Waals surface area contributed by atoms with E-state index in [0.29, 0.717) is 12.8 Å². The molecule has 0 spiro atoms. The maximum Gasteiger partial charge on any atom is 0.328 e. The van der Waals surface area contributed by atoms with Crippen LogP contribution in [0.3, 0.4) is 0 Å². The summed E-state index contributed by atoms with van der Waals surface area (Å²) in [5, 5.41) is 33.9. The molecule has 2 heterocycles. The fourth-order valence-electron chi connectivity index (χ4n) is 4.22. The monoisotopic (exact) mass is 489 g/mol. The van der Waals surface area contributed by atoms with E-state index in [1.54, 1.807) is 6.20 Å². The second kappa shape index (κ2) is 11.3. The van der Waals surface area contributed by atoms with Gasteiger partial charge >= 0.3 is 5.97 Å². The normalized spacial score (nSPS) is 19.1. The molecule has 5 unspecified atom stereocenters. The van der Waals surface area contributed by atoms with Gasteiger partial charge in [0.15, 0.2) is 6.04 Å². The first-order valence-corrected chi connectivity index (χ1v) is 11.4. The van der Waals surface area contributed by atoms with Gasteiger partial charge in [0.1, 0.15) is 18.1 Å². The molecule has 2 aromatic rings. The van der Waals surface area contributed by atoms with E-state index in [1.165, 1.54) is 11.8 Å². The number of amides is 3. The molecule has 8 N–H and O–H groups in total. The number of rotatable bonds is 10. The molecule has 3 amide bonds. The summed E-state index contributed by atoms with van der Waals surface area (Å²) in [4.78, 5) is 54.7. The number of nitrogens with two attached hydrogens (primary N) is 1. The number of aliphatic hydroxyl groups is 2. The predicted molar refractivity (Wildman–Crippen MR) is 125 cm³/mol. The molecule has 5 atom stereocenters. The second-order valence-corrected chi connectivity index (χ2v) is 8.67. The van der Waals surface area contributed by atoms with E-state index in [4.69, 9.17) is 5.73 Å². The van der Waals surface area contributed by atoms with Crippen LogP contribution in [0.2, 0.25) is 0 Å². The van der Waals surface area contributed by atoms with Crippen LogP contribution in [0.4, 0.5) is 0 Å². The van der Waals surface area contributed by atoms with Crippen LogP contribution >= 0.6 is 0 Å². The molecule has 0 saturated carbocycles. The molecule has 1 aliphatic rings. The molecule has 1 fully saturated rings. The lowest BCUT2D eigenvalue weighted by atomic mass is 10.0. The molecule has 190 valence electrons. The number of carboxylic acids is 1. The Morgan fingerprint density at radius 3 is 2.60 bits per heavy atom. The van der Waals surface area contributed by atoms with Crippen LogP contribution in [0.15, 0.2) is 30.5 Å². The number of hydrogen-bond donors (Lipinski definition) is 7. The van der Waals surface area contributed by atoms with Gasteiger partial charge in [0, 0.05) is 30.1 Å². The first-order chi connectivity index (χ1) is 16.6. The number of carbonyl (C=O) groups is 4. The zero-order chi connectivity index (χ0) is 25.7. The van der Waals surface area contributed by atoms with Crippen molar-refractivity contribution in [3.05, 3.63) is 36.0 Å². The Balaban J connectivity index is 1.84. The summed E-state index contributed by atoms with van der Waals surface area (Å²) < 4.78 is 0. The second-order valence-electron chi connectivity index (χ2n) is 8.67. The summed E-state index contributed by atoms with van der Waals surface area (Å²) in [6, 6.07) is 2.65. The molecule has 1 aromatic heterocycles. The predicted octanol–water partition coefficient (Wildman–Crippen LogP) is -1.54. The van der Waals surface area contributed by atoms with Crippen molar-refractivity contribution in [1.82, 2.24) is 20.5 Å². The number of nitrogens with one attached hydrogen (secondary N) is 3. The van der Waals surface area contributed by atoms with Crippen LogP contribution in [0, 0.1) is 0 Å². The summed E-state index contributed by atoms with van der Waals surface area (Å²) >= 11 is 0. The van der Waals surface area contributed by atoms with E-state index >= 15 is 0 Å². The highest BCUT2D eigenvalue weighted by molar-refractivity contribution is 5.95. The van der Waals surface area contributed by atoms with Crippen molar-refractivity contribution in [2.24, 2.45) is 5.73 Å². The number of aliphatic carboxylic acids is 1. The number of nitrogens with zero attached hydrogens (tertiary/aromatic N) is 1. The Hall–Kier alpha value is -3.48. The van der Waals surface area contributed by atoms with Crippen LogP contribution in [-0.2, 0) is 25.6 Å². The summed E-state index contributed by atoms with van der Waals surface area (Å²) in [5.74, 6) is -3.35. The van der Waals surface area contributed by atoms with Crippen LogP contribution in [0.25, 0.3) is 10.9 Å². The van der Waals surface area contributed by atoms with Crippen molar-refractivity contribution < 1.29 is 34.5 Å². The van der Waals surface area contributed by atoms with Crippen LogP contribution in [-0.4, -0.2) is 92.3 Å². The Labute approximate surface area is 201 Å². The van der Waals surface area contributed by atoms with Gasteiger partial charge in [0.2, 0.25) is 17.7 Å². The molecule has 0 aliphatic carbocycles. The first-order valence-electron chi connectivity index (χ1n) is 11.4. The summed E-state index contributed by atoms with van der Waals surface area (Å²) in [6.45, 7) is 0.869. The maximum atomic E-state index is 13.6. The molecule has 12 heteroatoms. The number of para-hydroxylation sites is 1. The topological polar surface area (TPSA) is 198 Å². The van der Waals surface area contributed by atoms with Crippen molar-refractivity contribution in [1.29, 1.82) is 0 Å². The maximum absolute atomic E-state index is 13.6. The zero-order valence-corrected chi connectivity index (χ0v) is 19.3. The average molecular weight is 490 g/mol. The fraction of sp³-hybridized carbons (Fsp3) is 0.478. The molecule has 3 rings (SSSR count). The Morgan fingerprint density at radius 2 is 1.94 bits per heavy atom. The molecule has 0 bridgehead atoms. The highest BCUT2D eigenvalue weighted by Crippen LogP contribution is 2.23. The summed E-state index contributed by atoms with van der Waals surface area (Å²) in [5.41, 5.74) is 7.24. The standard InChI is InChI=1S/C23H31N5O7/c1-12(30)19(23(34)35)27-21(32)18-7-4-8-28(18)22(33)17(26-20(31)15(24)11-29)9-13-10-25-16-6-3-2-5-14(13)16/h2-3,5-6,10,12,15,17-19,25,29-30H,4,7-9,11,24H2,1H3,(H,26,31)(H,27,32)(H,34,35). The van der Waals surface area contributed by atoms with Gasteiger partial charge in [0.25, 0.3) is 0 Å². The number of aliphatic hydroxyl groups excluding tert-OH is 2. The number of H-pyrrole nitrogens is 1. The minimum absolute atomic E-state index is 0.100. The molecule has 35 heavy (non-hydrogen) atoms. The number of likely N-dealkylation sites (tertiary alicyclic amines) is 1. The van der Waals surface area contributed by atoms with Gasteiger partial charge < -0.3 is 41.6 Å². The largest absolute Gasteiger partial charge is 0.480 e. The van der Waals surface area contributed by atoms with Gasteiger partial charge in [-0.2, -0.15) is 0 Å². The molecule has 1 aliphatic heterocycles. The number of carboxylic acid groups (broad SMARTS) is 1. The summed E-state index contributed by atoms with van der Waals surface area (Å²) in [6.07, 6.45) is 1.30. The lowest BCUT2D eigenvalue weighted by Gasteiger charge is -2.30. The third-order valence-corrected chi connectivity index (χ3v) is 6.13. The Bertz CT molecular complexity index is 1090. The molecule has 1 aromatic carbocycles. The van der Waals surface area contributed by atoms with E-state index in [0.717, 1.165) is 16.5 Å². The van der Waals surface area contributed by atoms with Crippen molar-refractivity contribution in [2.75, 3.05) is 13.2 Å². The van der Waals surface area contributed by atoms with Crippen molar-refractivity contribution in [2.45, 2.75) is 56.5 Å². The lowest BCUT2D eigenvalue weighted by molar-refractivity contribution is -0.147. The first kappa shape index (κ1) is 26.1. The van der Waals surface area contributed by atoms with E-state index in [-0.39, 0.29) is 13.0 Å². The number of benzene rings is 1. The van der Waals surface area contributed by atoms with Gasteiger partial charge in [-0.15, -0.1) is 0 Å². The minimum atomic E-state index is -1.52. The number of aromatic amines is 1. The molecular weight excluding hydrogens is 458 g/mol. The minimum Gasteiger partial charge on any atom is -0.480 e. The Kier molecular flexibility index (Phi) is 8.43. The smallest absolute Gasteiger partial charge is 0.328 e. The van der Waals surface area contributed by atoms with Crippen molar-refractivity contribution >= 4 is 34.6 Å². The van der Waals surface area contributed by atoms with E-state index in [9.17, 15) is 34.5 Å². The number of carbonyl (C=O) groups excluding carboxylic acids is 3. The molecular formula is C23H31N5O7. The Morgan fingerprint density at radius 1 is 1.23 bits per heavy atom. The molecule has 1 saturated heterocycles. The quantitative estimate of drug-likeness (QED) is 0.208. The van der Waals surface area contributed by atoms with E-state index in [2.05, 4.69) is 15.6 Å². The third kappa shape index (κ3) is 5.96. The van der Waals surface area contributed by atoms with Crippen molar-refractivity contribution in [3.63, 3.8) is 0 Å². The van der Waals surface area contributed by atoms with Gasteiger partial charge in [-0.25, -0.2) is 4.79 Å². The SMILES string of the molecule is CC(O)C(NC(=O)C1CCCN1C(=O)C(Cc1c[nH]c2ccccc12)NC(=O)C(N)CO)C(=O)O. The summed E-state index contributed by atoms with van der Waals surface area (Å²) in [7, 11) is 0. The fourth-order valence-corrected chi connectivity index (χ4v) is 4.22. The third-order valence-electron chi connectivity index (χ3n) is 6.13. The number of hydrogen-bond acceptors (Lipinski definition) is 7. The number of fused-ring (bicyclic) bond motifs is 1. The van der Waals surface area contributed by atoms with Crippen molar-refractivity contribution in [3.8, 4) is 0 Å². The van der Waals surface area contributed by atoms with Gasteiger partial charge in [-0.1, -0.05) is 18.2 Å². The highest BCUT2D eigenvalue weighted by atomic mass is 16.4. The lowest BCUT2D eigenvalue weighted by Crippen LogP contribution is -2.58. The highest BCUT2D eigenvalue weighted by Gasteiger charge is 2.40. The number of aromatic nitrogens is 1. The van der Waals surface area contributed by atoms with Gasteiger partial charge in [-0.3, -0.25) is 14.4 Å². The molecule has 0 radical (unpaired) electrons. The zero-order valence-electron chi connectivity index (χ0n) is 19.3. The average Bonchev–Trinajstić information content (AvgIpc) is 3.48. The van der Waals surface area contributed by atoms with Crippen LogP contribution < -0.4 is 16.4 Å².